The zero-order chi connectivity index (χ0) is 41.9. The molecule has 2 aliphatic rings. The fraction of sp³-hybridized carbons (Fsp3) is 0.756. The van der Waals surface area contributed by atoms with Gasteiger partial charge in [-0.25, -0.2) is 0 Å². The molecule has 0 aliphatic carbocycles. The Kier molecular flexibility index (Phi) is 18.6. The van der Waals surface area contributed by atoms with Crippen molar-refractivity contribution in [3.05, 3.63) is 35.9 Å². The van der Waals surface area contributed by atoms with Crippen LogP contribution in [-0.2, 0) is 42.2 Å². The summed E-state index contributed by atoms with van der Waals surface area (Å²) in [6.07, 6.45) is 0.498. The van der Waals surface area contributed by atoms with Gasteiger partial charge in [0.05, 0.1) is 6.04 Å². The Hall–Kier alpha value is -2.71. The van der Waals surface area contributed by atoms with Gasteiger partial charge in [0.25, 0.3) is 0 Å². The summed E-state index contributed by atoms with van der Waals surface area (Å²) >= 11 is 0. The van der Waals surface area contributed by atoms with Gasteiger partial charge >= 0.3 is 219 Å². The van der Waals surface area contributed by atoms with Crippen LogP contribution >= 0.6 is 7.94 Å². The van der Waals surface area contributed by atoms with Gasteiger partial charge in [-0.1, -0.05) is 48.0 Å². The molecule has 2 saturated heterocycles. The van der Waals surface area contributed by atoms with Crippen molar-refractivity contribution in [2.45, 2.75) is 136 Å². The Labute approximate surface area is 336 Å². The van der Waals surface area contributed by atoms with Gasteiger partial charge in [0, 0.05) is 7.05 Å². The SMILES string of the molecule is CCO[PH]1(C(NC(=O)[C@@H](C)[C@@H](OC)[C@@H]2CCCN2C(=O)C[C@@H](OC)[C@H](C(C)CC)N(C)C(=O)[C@@H](NC(=O)[C@@H](NC)C(C)C)C(C)C)c2ccccc2)OC(C)O1. The van der Waals surface area contributed by atoms with E-state index < -0.39 is 56.3 Å². The molecule has 2 heterocycles. The average Bonchev–Trinajstić information content (AvgIpc) is 3.64. The predicted octanol–water partition coefficient (Wildman–Crippen LogP) is 5.03. The Balaban J connectivity index is 1.82. The minimum absolute atomic E-state index is 0.0238. The molecular weight excluding hydrogens is 737 g/mol. The Morgan fingerprint density at radius 2 is 1.55 bits per heavy atom. The van der Waals surface area contributed by atoms with Crippen molar-refractivity contribution in [3.8, 4) is 0 Å². The molecular formula is C41H72N5O9P. The summed E-state index contributed by atoms with van der Waals surface area (Å²) in [6, 6.07) is 7.50. The number of carbonyl (C=O) groups is 4. The molecule has 14 nitrogen and oxygen atoms in total. The van der Waals surface area contributed by atoms with E-state index in [1.807, 2.05) is 90.6 Å². The molecule has 320 valence electrons. The zero-order valence-electron chi connectivity index (χ0n) is 36.1. The van der Waals surface area contributed by atoms with Gasteiger partial charge in [-0.3, -0.25) is 9.59 Å². The van der Waals surface area contributed by atoms with Crippen LogP contribution in [0.3, 0.4) is 0 Å². The zero-order valence-corrected chi connectivity index (χ0v) is 37.1. The second kappa shape index (κ2) is 21.9. The number of benzene rings is 1. The summed E-state index contributed by atoms with van der Waals surface area (Å²) in [4.78, 5) is 59.4. The third-order valence-electron chi connectivity index (χ3n) is 11.5. The number of ether oxygens (including phenoxy) is 2. The van der Waals surface area contributed by atoms with Crippen molar-refractivity contribution in [3.63, 3.8) is 0 Å². The Morgan fingerprint density at radius 3 is 2.05 bits per heavy atom. The first kappa shape index (κ1) is 47.7. The fourth-order valence-electron chi connectivity index (χ4n) is 8.30. The first-order valence-electron chi connectivity index (χ1n) is 20.5. The van der Waals surface area contributed by atoms with Crippen LogP contribution in [0, 0.1) is 23.7 Å². The van der Waals surface area contributed by atoms with Gasteiger partial charge in [-0.05, 0) is 18.9 Å². The van der Waals surface area contributed by atoms with E-state index in [-0.39, 0.29) is 53.8 Å². The van der Waals surface area contributed by atoms with Crippen molar-refractivity contribution in [2.75, 3.05) is 41.5 Å². The van der Waals surface area contributed by atoms with Crippen molar-refractivity contribution < 1.29 is 42.2 Å². The molecule has 0 aromatic heterocycles. The molecule has 3 rings (SSSR count). The average molecular weight is 810 g/mol. The molecule has 2 aliphatic heterocycles. The Bertz CT molecular complexity index is 1410. The molecule has 1 aromatic carbocycles. The number of carbonyl (C=O) groups excluding carboxylic acids is 4. The van der Waals surface area contributed by atoms with Crippen molar-refractivity contribution in [1.29, 1.82) is 0 Å². The third-order valence-corrected chi connectivity index (χ3v) is 14.7. The van der Waals surface area contributed by atoms with E-state index in [0.29, 0.717) is 19.6 Å². The number of hydrogen-bond acceptors (Lipinski definition) is 10. The normalized spacial score (nSPS) is 22.9. The molecule has 4 amide bonds. The molecule has 0 spiro atoms. The second-order valence-electron chi connectivity index (χ2n) is 16.0. The van der Waals surface area contributed by atoms with Crippen molar-refractivity contribution >= 4 is 31.6 Å². The minimum atomic E-state index is -3.29. The fourth-order valence-corrected chi connectivity index (χ4v) is 11.1. The van der Waals surface area contributed by atoms with E-state index in [1.165, 1.54) is 0 Å². The van der Waals surface area contributed by atoms with Gasteiger partial charge < -0.3 is 10.6 Å². The van der Waals surface area contributed by atoms with Crippen LogP contribution in [0.4, 0.5) is 0 Å². The third kappa shape index (κ3) is 11.3. The molecule has 2 fully saturated rings. The van der Waals surface area contributed by atoms with Crippen molar-refractivity contribution in [1.82, 2.24) is 25.8 Å². The van der Waals surface area contributed by atoms with Crippen LogP contribution in [0.2, 0.25) is 0 Å². The standard InChI is InChI=1S/C41H72N5O9P/c1-14-27(7)36(45(11)41(50)35(26(5)6)43-39(49)34(42-10)25(3)4)32(51-12)24-33(47)46-23-19-22-31(46)37(52-13)28(8)38(48)44-40(30-20-17-16-18-21-30)56(53-15-2)54-29(9)55-56/h16-18,20-21,25-29,31-32,34-37,40,42,56H,14-15,19,22-24H2,1-13H3,(H,43,49)(H,44,48)/t27?,28-,31-,32+,34-,35-,36-,37+,40?/m0/s1. The number of rotatable bonds is 22. The summed E-state index contributed by atoms with van der Waals surface area (Å²) in [5.74, 6) is -2.32. The molecule has 2 unspecified atom stereocenters. The summed E-state index contributed by atoms with van der Waals surface area (Å²) in [5, 5.41) is 9.24. The van der Waals surface area contributed by atoms with E-state index >= 15 is 0 Å². The number of nitrogens with zero attached hydrogens (tertiary/aromatic N) is 2. The van der Waals surface area contributed by atoms with Crippen LogP contribution in [0.1, 0.15) is 99.3 Å². The van der Waals surface area contributed by atoms with E-state index in [0.717, 1.165) is 18.4 Å². The summed E-state index contributed by atoms with van der Waals surface area (Å²) < 4.78 is 30.4. The number of nitrogens with one attached hydrogen (secondary N) is 3. The molecule has 3 N–H and O–H groups in total. The van der Waals surface area contributed by atoms with Crippen LogP contribution in [0.25, 0.3) is 0 Å². The molecule has 56 heavy (non-hydrogen) atoms. The maximum atomic E-state index is 14.3. The van der Waals surface area contributed by atoms with Crippen LogP contribution in [0.5, 0.6) is 0 Å². The number of methoxy groups -OCH3 is 2. The van der Waals surface area contributed by atoms with Crippen LogP contribution in [-0.4, -0.2) is 118 Å². The van der Waals surface area contributed by atoms with Crippen LogP contribution in [0.15, 0.2) is 30.3 Å². The maximum absolute atomic E-state index is 14.3. The van der Waals surface area contributed by atoms with E-state index in [9.17, 15) is 19.2 Å². The summed E-state index contributed by atoms with van der Waals surface area (Å²) in [6.45, 7) is 18.2. The Morgan fingerprint density at radius 1 is 0.929 bits per heavy atom. The van der Waals surface area contributed by atoms with Crippen LogP contribution < -0.4 is 16.0 Å². The topological polar surface area (TPSA) is 157 Å². The molecule has 0 saturated carbocycles. The van der Waals surface area contributed by atoms with Gasteiger partial charge in [0.2, 0.25) is 11.8 Å². The van der Waals surface area contributed by atoms with Gasteiger partial charge in [-0.15, -0.1) is 0 Å². The molecule has 15 heteroatoms. The predicted molar refractivity (Wildman–Crippen MR) is 219 cm³/mol. The van der Waals surface area contributed by atoms with E-state index in [4.69, 9.17) is 23.0 Å². The van der Waals surface area contributed by atoms with E-state index in [2.05, 4.69) is 16.0 Å². The first-order chi connectivity index (χ1) is 26.5. The monoisotopic (exact) mass is 810 g/mol. The molecule has 9 atom stereocenters. The number of likely N-dealkylation sites (N-methyl/N-ethyl adjacent to an activating group) is 2. The number of likely N-dealkylation sites (tertiary alicyclic amines) is 1. The second-order valence-corrected chi connectivity index (χ2v) is 18.6. The number of amides is 4. The molecule has 1 aromatic rings. The summed E-state index contributed by atoms with van der Waals surface area (Å²) in [7, 11) is 3.31. The molecule has 0 bridgehead atoms. The first-order valence-corrected chi connectivity index (χ1v) is 22.3. The molecule has 0 radical (unpaired) electrons. The van der Waals surface area contributed by atoms with Gasteiger partial charge in [0.15, 0.2) is 0 Å². The quantitative estimate of drug-likeness (QED) is 0.136. The summed E-state index contributed by atoms with van der Waals surface area (Å²) in [5.41, 5.74) is 0.816. The van der Waals surface area contributed by atoms with Gasteiger partial charge in [-0.2, -0.15) is 0 Å². The number of hydrogen-bond donors (Lipinski definition) is 3. The van der Waals surface area contributed by atoms with E-state index in [1.54, 1.807) is 40.1 Å². The van der Waals surface area contributed by atoms with Crippen molar-refractivity contribution in [2.24, 2.45) is 23.7 Å². The van der Waals surface area contributed by atoms with Gasteiger partial charge in [0.1, 0.15) is 6.04 Å².